The second-order valence-electron chi connectivity index (χ2n) is 10.8. The van der Waals surface area contributed by atoms with E-state index in [1.807, 2.05) is 49.9 Å². The van der Waals surface area contributed by atoms with E-state index in [9.17, 15) is 19.5 Å². The first-order valence-corrected chi connectivity index (χ1v) is 14.5. The smallest absolute Gasteiger partial charge is 0.407 e. The lowest BCUT2D eigenvalue weighted by molar-refractivity contribution is -0.142. The van der Waals surface area contributed by atoms with Crippen molar-refractivity contribution in [2.45, 2.75) is 39.7 Å². The van der Waals surface area contributed by atoms with Gasteiger partial charge in [-0.3, -0.25) is 14.7 Å². The predicted octanol–water partition coefficient (Wildman–Crippen LogP) is 4.67. The lowest BCUT2D eigenvalue weighted by atomic mass is 10.0. The van der Waals surface area contributed by atoms with E-state index in [1.165, 1.54) is 16.4 Å². The second kappa shape index (κ2) is 12.5. The lowest BCUT2D eigenvalue weighted by Crippen LogP contribution is -2.57. The topological polar surface area (TPSA) is 140 Å². The standard InChI is InChI=1S/C31H33ClN6O6/c1-17(2)25-27(18(3)10-11-33-25)38-29-22(14-23(32)26(34-29)21-8-6-7-9-24(21)43-5)28(35-30(38)40)36-12-13-37(31(41)42)20(15-36)16-44-19(4)39/h6-11,14,17,20H,12-13,15-16H2,1-5H3,(H,41,42). The van der Waals surface area contributed by atoms with E-state index in [0.717, 1.165) is 5.56 Å². The molecule has 1 aliphatic heterocycles. The van der Waals surface area contributed by atoms with Crippen LogP contribution in [0.3, 0.4) is 0 Å². The molecular weight excluding hydrogens is 588 g/mol. The number of carbonyl (C=O) groups is 2. The van der Waals surface area contributed by atoms with E-state index >= 15 is 0 Å². The molecule has 3 aromatic heterocycles. The van der Waals surface area contributed by atoms with Crippen molar-refractivity contribution in [3.63, 3.8) is 0 Å². The first-order valence-electron chi connectivity index (χ1n) is 14.1. The lowest BCUT2D eigenvalue weighted by Gasteiger charge is -2.40. The molecule has 1 atom stereocenters. The molecule has 0 aliphatic carbocycles. The maximum absolute atomic E-state index is 14.1. The van der Waals surface area contributed by atoms with Gasteiger partial charge in [0.1, 0.15) is 18.2 Å². The Morgan fingerprint density at radius 3 is 2.59 bits per heavy atom. The number of fused-ring (bicyclic) bond motifs is 1. The zero-order valence-electron chi connectivity index (χ0n) is 25.1. The third kappa shape index (κ3) is 5.77. The summed E-state index contributed by atoms with van der Waals surface area (Å²) < 4.78 is 12.2. The summed E-state index contributed by atoms with van der Waals surface area (Å²) in [7, 11) is 1.56. The second-order valence-corrected chi connectivity index (χ2v) is 11.2. The van der Waals surface area contributed by atoms with Crippen LogP contribution in [0.25, 0.3) is 28.0 Å². The fourth-order valence-electron chi connectivity index (χ4n) is 5.52. The monoisotopic (exact) mass is 620 g/mol. The summed E-state index contributed by atoms with van der Waals surface area (Å²) in [6.07, 6.45) is 0.577. The number of halogens is 1. The first-order chi connectivity index (χ1) is 21.0. The number of para-hydroxylation sites is 1. The summed E-state index contributed by atoms with van der Waals surface area (Å²) in [4.78, 5) is 54.7. The molecule has 1 aliphatic rings. The molecule has 4 aromatic rings. The number of methoxy groups -OCH3 is 1. The van der Waals surface area contributed by atoms with E-state index in [1.54, 1.807) is 25.4 Å². The highest BCUT2D eigenvalue weighted by atomic mass is 35.5. The third-order valence-corrected chi connectivity index (χ3v) is 7.88. The molecule has 0 saturated carbocycles. The average molecular weight is 621 g/mol. The molecule has 1 saturated heterocycles. The molecule has 4 heterocycles. The number of carbonyl (C=O) groups excluding carboxylic acids is 1. The minimum Gasteiger partial charge on any atom is -0.496 e. The molecular formula is C31H33ClN6O6. The Morgan fingerprint density at radius 1 is 1.16 bits per heavy atom. The van der Waals surface area contributed by atoms with Crippen molar-refractivity contribution in [1.82, 2.24) is 24.4 Å². The van der Waals surface area contributed by atoms with Crippen LogP contribution >= 0.6 is 11.6 Å². The van der Waals surface area contributed by atoms with E-state index in [4.69, 9.17) is 26.1 Å². The normalized spacial score (nSPS) is 15.1. The number of aryl methyl sites for hydroxylation is 1. The van der Waals surface area contributed by atoms with Crippen LogP contribution in [0.2, 0.25) is 5.02 Å². The Bertz CT molecular complexity index is 1810. The van der Waals surface area contributed by atoms with Crippen LogP contribution in [0.5, 0.6) is 5.75 Å². The Morgan fingerprint density at radius 2 is 1.91 bits per heavy atom. The molecule has 230 valence electrons. The van der Waals surface area contributed by atoms with Gasteiger partial charge in [0.15, 0.2) is 5.65 Å². The summed E-state index contributed by atoms with van der Waals surface area (Å²) in [5.74, 6) is 0.320. The summed E-state index contributed by atoms with van der Waals surface area (Å²) in [6.45, 7) is 7.48. The molecule has 1 unspecified atom stereocenters. The van der Waals surface area contributed by atoms with Gasteiger partial charge in [-0.2, -0.15) is 4.98 Å². The van der Waals surface area contributed by atoms with Crippen LogP contribution in [0, 0.1) is 6.92 Å². The number of nitrogens with zero attached hydrogens (tertiary/aromatic N) is 6. The van der Waals surface area contributed by atoms with Gasteiger partial charge in [0.05, 0.1) is 40.6 Å². The number of benzene rings is 1. The van der Waals surface area contributed by atoms with E-state index in [-0.39, 0.29) is 32.2 Å². The van der Waals surface area contributed by atoms with Gasteiger partial charge in [0, 0.05) is 38.3 Å². The van der Waals surface area contributed by atoms with Crippen molar-refractivity contribution in [2.75, 3.05) is 38.3 Å². The van der Waals surface area contributed by atoms with Gasteiger partial charge in [-0.1, -0.05) is 37.6 Å². The number of pyridine rings is 2. The highest BCUT2D eigenvalue weighted by Gasteiger charge is 2.34. The summed E-state index contributed by atoms with van der Waals surface area (Å²) in [5.41, 5.74) is 2.88. The van der Waals surface area contributed by atoms with Crippen LogP contribution in [0.15, 0.2) is 47.4 Å². The average Bonchev–Trinajstić information content (AvgIpc) is 2.99. The van der Waals surface area contributed by atoms with E-state index < -0.39 is 23.8 Å². The van der Waals surface area contributed by atoms with Crippen LogP contribution in [-0.4, -0.2) is 81.0 Å². The van der Waals surface area contributed by atoms with E-state index in [2.05, 4.69) is 9.97 Å². The Balaban J connectivity index is 1.78. The molecule has 1 amide bonds. The zero-order chi connectivity index (χ0) is 31.7. The van der Waals surface area contributed by atoms with Crippen molar-refractivity contribution < 1.29 is 24.2 Å². The molecule has 5 rings (SSSR count). The van der Waals surface area contributed by atoms with Crippen LogP contribution in [0.1, 0.15) is 37.9 Å². The number of amides is 1. The fourth-order valence-corrected chi connectivity index (χ4v) is 5.77. The number of rotatable bonds is 7. The summed E-state index contributed by atoms with van der Waals surface area (Å²) in [6, 6.07) is 10.2. The van der Waals surface area contributed by atoms with Crippen molar-refractivity contribution in [2.24, 2.45) is 0 Å². The minimum atomic E-state index is -1.13. The van der Waals surface area contributed by atoms with Gasteiger partial charge in [0.2, 0.25) is 0 Å². The number of carboxylic acid groups (broad SMARTS) is 1. The Labute approximate surface area is 258 Å². The number of hydrogen-bond donors (Lipinski definition) is 1. The van der Waals surface area contributed by atoms with Gasteiger partial charge < -0.3 is 19.5 Å². The summed E-state index contributed by atoms with van der Waals surface area (Å²) in [5, 5.41) is 10.6. The van der Waals surface area contributed by atoms with Gasteiger partial charge >= 0.3 is 17.8 Å². The molecule has 0 radical (unpaired) electrons. The molecule has 12 nitrogen and oxygen atoms in total. The molecule has 0 bridgehead atoms. The highest BCUT2D eigenvalue weighted by Crippen LogP contribution is 2.38. The van der Waals surface area contributed by atoms with Gasteiger partial charge in [-0.05, 0) is 42.7 Å². The summed E-state index contributed by atoms with van der Waals surface area (Å²) >= 11 is 6.90. The zero-order valence-corrected chi connectivity index (χ0v) is 25.8. The molecule has 44 heavy (non-hydrogen) atoms. The van der Waals surface area contributed by atoms with Crippen molar-refractivity contribution in [3.05, 3.63) is 69.4 Å². The van der Waals surface area contributed by atoms with Crippen LogP contribution in [-0.2, 0) is 9.53 Å². The minimum absolute atomic E-state index is 0.0151. The van der Waals surface area contributed by atoms with Crippen molar-refractivity contribution >= 4 is 40.5 Å². The van der Waals surface area contributed by atoms with Crippen LogP contribution in [0.4, 0.5) is 10.6 Å². The maximum Gasteiger partial charge on any atom is 0.407 e. The maximum atomic E-state index is 14.1. The molecule has 1 fully saturated rings. The van der Waals surface area contributed by atoms with Crippen molar-refractivity contribution in [1.29, 1.82) is 0 Å². The number of anilines is 1. The number of aromatic nitrogens is 4. The Kier molecular flexibility index (Phi) is 8.73. The van der Waals surface area contributed by atoms with Crippen LogP contribution < -0.4 is 15.3 Å². The fraction of sp³-hybridized carbons (Fsp3) is 0.355. The number of ether oxygens (including phenoxy) is 2. The molecule has 1 N–H and O–H groups in total. The van der Waals surface area contributed by atoms with E-state index in [0.29, 0.717) is 50.3 Å². The first kappa shape index (κ1) is 30.7. The van der Waals surface area contributed by atoms with Gasteiger partial charge in [-0.15, -0.1) is 0 Å². The third-order valence-electron chi connectivity index (χ3n) is 7.60. The van der Waals surface area contributed by atoms with Gasteiger partial charge in [-0.25, -0.2) is 19.1 Å². The number of esters is 1. The molecule has 1 aromatic carbocycles. The quantitative estimate of drug-likeness (QED) is 0.290. The SMILES string of the molecule is COc1ccccc1-c1nc2c(cc1Cl)c(N1CCN(C(=O)O)C(COC(C)=O)C1)nc(=O)n2-c1c(C)ccnc1C(C)C. The van der Waals surface area contributed by atoms with Gasteiger partial charge in [0.25, 0.3) is 0 Å². The Hall–Kier alpha value is -4.71. The number of piperazine rings is 1. The highest BCUT2D eigenvalue weighted by molar-refractivity contribution is 6.34. The number of hydrogen-bond acceptors (Lipinski definition) is 9. The van der Waals surface area contributed by atoms with Crippen molar-refractivity contribution in [3.8, 4) is 22.7 Å². The predicted molar refractivity (Wildman–Crippen MR) is 166 cm³/mol. The largest absolute Gasteiger partial charge is 0.496 e. The molecule has 13 heteroatoms. The molecule has 0 spiro atoms.